The molecular formula is C5H5BrClN3. The molecule has 0 saturated heterocycles. The van der Waals surface area contributed by atoms with Crippen LogP contribution in [0.4, 0.5) is 11.5 Å². The van der Waals surface area contributed by atoms with Crippen molar-refractivity contribution in [1.29, 1.82) is 0 Å². The van der Waals surface area contributed by atoms with Crippen LogP contribution in [0.25, 0.3) is 0 Å². The molecule has 54 valence electrons. The molecule has 0 aliphatic carbocycles. The number of halogens is 2. The van der Waals surface area contributed by atoms with E-state index in [2.05, 4.69) is 20.9 Å². The van der Waals surface area contributed by atoms with Gasteiger partial charge in [0.25, 0.3) is 0 Å². The summed E-state index contributed by atoms with van der Waals surface area (Å²) in [5, 5.41) is 0.410. The third kappa shape index (κ3) is 1.17. The molecule has 1 aromatic rings. The number of pyridine rings is 1. The van der Waals surface area contributed by atoms with Gasteiger partial charge < -0.3 is 11.5 Å². The van der Waals surface area contributed by atoms with Gasteiger partial charge in [-0.3, -0.25) is 0 Å². The molecule has 0 amide bonds. The minimum absolute atomic E-state index is 0.258. The average molecular weight is 222 g/mol. The third-order valence-corrected chi connectivity index (χ3v) is 2.28. The molecule has 10 heavy (non-hydrogen) atoms. The molecule has 0 bridgehead atoms. The third-order valence-electron chi connectivity index (χ3n) is 1.04. The first-order valence-electron chi connectivity index (χ1n) is 2.48. The predicted molar refractivity (Wildman–Crippen MR) is 45.8 cm³/mol. The monoisotopic (exact) mass is 221 g/mol. The Bertz CT molecular complexity index is 236. The van der Waals surface area contributed by atoms with Crippen LogP contribution < -0.4 is 11.5 Å². The second-order valence-electron chi connectivity index (χ2n) is 1.72. The van der Waals surface area contributed by atoms with Crippen molar-refractivity contribution < 1.29 is 0 Å². The summed E-state index contributed by atoms with van der Waals surface area (Å²) < 4.78 is 0.654. The van der Waals surface area contributed by atoms with Crippen molar-refractivity contribution in [2.24, 2.45) is 0 Å². The van der Waals surface area contributed by atoms with Crippen molar-refractivity contribution in [2.75, 3.05) is 11.5 Å². The Morgan fingerprint density at radius 3 is 2.60 bits per heavy atom. The van der Waals surface area contributed by atoms with Gasteiger partial charge in [-0.05, 0) is 15.9 Å². The highest BCUT2D eigenvalue weighted by molar-refractivity contribution is 9.10. The molecule has 0 saturated carbocycles. The van der Waals surface area contributed by atoms with E-state index in [9.17, 15) is 0 Å². The van der Waals surface area contributed by atoms with Crippen LogP contribution in [0.3, 0.4) is 0 Å². The highest BCUT2D eigenvalue weighted by Gasteiger charge is 2.04. The maximum atomic E-state index is 5.69. The lowest BCUT2D eigenvalue weighted by molar-refractivity contribution is 1.32. The number of anilines is 2. The van der Waals surface area contributed by atoms with Gasteiger partial charge in [-0.1, -0.05) is 11.6 Å². The van der Waals surface area contributed by atoms with Crippen molar-refractivity contribution in [3.05, 3.63) is 15.7 Å². The molecule has 4 N–H and O–H groups in total. The summed E-state index contributed by atoms with van der Waals surface area (Å²) in [6.45, 7) is 0. The van der Waals surface area contributed by atoms with E-state index >= 15 is 0 Å². The van der Waals surface area contributed by atoms with Gasteiger partial charge in [0, 0.05) is 6.20 Å². The Morgan fingerprint density at radius 2 is 2.10 bits per heavy atom. The lowest BCUT2D eigenvalue weighted by atomic mass is 10.4. The van der Waals surface area contributed by atoms with E-state index in [0.29, 0.717) is 15.2 Å². The maximum Gasteiger partial charge on any atom is 0.148 e. The fourth-order valence-electron chi connectivity index (χ4n) is 0.494. The minimum atomic E-state index is 0.258. The Hall–Kier alpha value is -0.480. The maximum absolute atomic E-state index is 5.69. The van der Waals surface area contributed by atoms with E-state index in [1.807, 2.05) is 0 Å². The zero-order valence-electron chi connectivity index (χ0n) is 4.94. The van der Waals surface area contributed by atoms with Gasteiger partial charge in [0.15, 0.2) is 0 Å². The van der Waals surface area contributed by atoms with Crippen molar-refractivity contribution >= 4 is 39.0 Å². The van der Waals surface area contributed by atoms with Gasteiger partial charge >= 0.3 is 0 Å². The molecule has 1 rings (SSSR count). The summed E-state index contributed by atoms with van der Waals surface area (Å²) in [6.07, 6.45) is 1.51. The fourth-order valence-corrected chi connectivity index (χ4v) is 0.955. The van der Waals surface area contributed by atoms with Gasteiger partial charge in [0.05, 0.1) is 15.2 Å². The van der Waals surface area contributed by atoms with Crippen LogP contribution >= 0.6 is 27.5 Å². The smallest absolute Gasteiger partial charge is 0.148 e. The SMILES string of the molecule is Nc1ncc(Br)c(Cl)c1N. The van der Waals surface area contributed by atoms with Crippen molar-refractivity contribution in [1.82, 2.24) is 4.98 Å². The second-order valence-corrected chi connectivity index (χ2v) is 2.95. The quantitative estimate of drug-likeness (QED) is 0.702. The minimum Gasteiger partial charge on any atom is -0.394 e. The molecule has 0 unspecified atom stereocenters. The molecular weight excluding hydrogens is 217 g/mol. The Kier molecular flexibility index (Phi) is 2.01. The van der Waals surface area contributed by atoms with Gasteiger partial charge in [-0.15, -0.1) is 0 Å². The van der Waals surface area contributed by atoms with Crippen LogP contribution in [0, 0.1) is 0 Å². The summed E-state index contributed by atoms with van der Waals surface area (Å²) >= 11 is 8.84. The van der Waals surface area contributed by atoms with E-state index in [0.717, 1.165) is 0 Å². The standard InChI is InChI=1S/C5H5BrClN3/c6-2-1-10-5(9)4(8)3(2)7/h1H,8H2,(H2,9,10). The number of hydrogen-bond donors (Lipinski definition) is 2. The average Bonchev–Trinajstić information content (AvgIpc) is 1.93. The van der Waals surface area contributed by atoms with Gasteiger partial charge in [0.2, 0.25) is 0 Å². The summed E-state index contributed by atoms with van der Waals surface area (Å²) in [6, 6.07) is 0. The van der Waals surface area contributed by atoms with Crippen LogP contribution in [-0.4, -0.2) is 4.98 Å². The summed E-state index contributed by atoms with van der Waals surface area (Å²) in [5.41, 5.74) is 11.1. The molecule has 1 aromatic heterocycles. The first kappa shape index (κ1) is 7.63. The number of nitrogens with two attached hydrogens (primary N) is 2. The first-order valence-corrected chi connectivity index (χ1v) is 3.65. The summed E-state index contributed by atoms with van der Waals surface area (Å²) in [4.78, 5) is 3.76. The molecule has 0 fully saturated rings. The molecule has 0 aromatic carbocycles. The number of hydrogen-bond acceptors (Lipinski definition) is 3. The van der Waals surface area contributed by atoms with Gasteiger partial charge in [0.1, 0.15) is 5.82 Å². The number of nitrogen functional groups attached to an aromatic ring is 2. The summed E-state index contributed by atoms with van der Waals surface area (Å²) in [5.74, 6) is 0.258. The molecule has 0 aliphatic heterocycles. The Balaban J connectivity index is 3.34. The fraction of sp³-hybridized carbons (Fsp3) is 0. The van der Waals surface area contributed by atoms with Crippen LogP contribution in [0.1, 0.15) is 0 Å². The van der Waals surface area contributed by atoms with Crippen LogP contribution in [-0.2, 0) is 0 Å². The van der Waals surface area contributed by atoms with Gasteiger partial charge in [-0.25, -0.2) is 4.98 Å². The van der Waals surface area contributed by atoms with E-state index in [-0.39, 0.29) is 5.82 Å². The lowest BCUT2D eigenvalue weighted by Crippen LogP contribution is -1.98. The van der Waals surface area contributed by atoms with Crippen molar-refractivity contribution in [3.8, 4) is 0 Å². The normalized spacial score (nSPS) is 9.80. The molecule has 0 radical (unpaired) electrons. The van der Waals surface area contributed by atoms with Crippen molar-refractivity contribution in [3.63, 3.8) is 0 Å². The van der Waals surface area contributed by atoms with Crippen LogP contribution in [0.5, 0.6) is 0 Å². The summed E-state index contributed by atoms with van der Waals surface area (Å²) in [7, 11) is 0. The number of nitrogens with zero attached hydrogens (tertiary/aromatic N) is 1. The molecule has 1 heterocycles. The largest absolute Gasteiger partial charge is 0.394 e. The molecule has 5 heteroatoms. The Labute approximate surface area is 71.5 Å². The van der Waals surface area contributed by atoms with E-state index < -0.39 is 0 Å². The van der Waals surface area contributed by atoms with Gasteiger partial charge in [-0.2, -0.15) is 0 Å². The lowest BCUT2D eigenvalue weighted by Gasteiger charge is -2.01. The van der Waals surface area contributed by atoms with Crippen molar-refractivity contribution in [2.45, 2.75) is 0 Å². The van der Waals surface area contributed by atoms with E-state index in [4.69, 9.17) is 23.1 Å². The molecule has 0 aliphatic rings. The number of aromatic nitrogens is 1. The predicted octanol–water partition coefficient (Wildman–Crippen LogP) is 1.66. The molecule has 0 atom stereocenters. The highest BCUT2D eigenvalue weighted by Crippen LogP contribution is 2.30. The first-order chi connectivity index (χ1) is 4.63. The van der Waals surface area contributed by atoms with E-state index in [1.165, 1.54) is 6.20 Å². The topological polar surface area (TPSA) is 64.9 Å². The van der Waals surface area contributed by atoms with Crippen LogP contribution in [0.15, 0.2) is 10.7 Å². The second kappa shape index (κ2) is 2.64. The van der Waals surface area contributed by atoms with E-state index in [1.54, 1.807) is 0 Å². The molecule has 3 nitrogen and oxygen atoms in total. The zero-order valence-corrected chi connectivity index (χ0v) is 7.28. The van der Waals surface area contributed by atoms with Crippen LogP contribution in [0.2, 0.25) is 5.02 Å². The number of rotatable bonds is 0. The molecule has 0 spiro atoms. The Morgan fingerprint density at radius 1 is 1.50 bits per heavy atom. The zero-order chi connectivity index (χ0) is 7.72. The highest BCUT2D eigenvalue weighted by atomic mass is 79.9.